The van der Waals surface area contributed by atoms with Gasteiger partial charge in [0.1, 0.15) is 18.2 Å². The number of ether oxygens (including phenoxy) is 3. The van der Waals surface area contributed by atoms with Crippen molar-refractivity contribution in [2.24, 2.45) is 0 Å². The van der Waals surface area contributed by atoms with Gasteiger partial charge in [0.2, 0.25) is 0 Å². The van der Waals surface area contributed by atoms with Crippen molar-refractivity contribution in [2.45, 2.75) is 50.2 Å². The molecule has 1 N–H and O–H groups in total. The Bertz CT molecular complexity index is 1350. The molecule has 1 aliphatic heterocycles. The van der Waals surface area contributed by atoms with E-state index in [1.165, 1.54) is 0 Å². The highest BCUT2D eigenvalue weighted by Crippen LogP contribution is 2.34. The van der Waals surface area contributed by atoms with Crippen molar-refractivity contribution in [3.8, 4) is 6.07 Å². The fourth-order valence-corrected chi connectivity index (χ4v) is 5.40. The Morgan fingerprint density at radius 3 is 1.56 bits per heavy atom. The van der Waals surface area contributed by atoms with Gasteiger partial charge in [0, 0.05) is 6.54 Å². The van der Waals surface area contributed by atoms with Crippen LogP contribution in [0.3, 0.4) is 0 Å². The summed E-state index contributed by atoms with van der Waals surface area (Å²) in [7, 11) is 0. The van der Waals surface area contributed by atoms with E-state index < -0.39 is 30.4 Å². The second kappa shape index (κ2) is 14.7. The van der Waals surface area contributed by atoms with Crippen LogP contribution in [0.5, 0.6) is 0 Å². The molecule has 6 heteroatoms. The summed E-state index contributed by atoms with van der Waals surface area (Å²) in [4.78, 5) is 2.02. The summed E-state index contributed by atoms with van der Waals surface area (Å²) in [6.07, 6.45) is -1.56. The van der Waals surface area contributed by atoms with E-state index in [9.17, 15) is 10.4 Å². The number of rotatable bonds is 12. The maximum atomic E-state index is 10.6. The molecule has 0 saturated carbocycles. The molecule has 5 atom stereocenters. The molecule has 0 amide bonds. The zero-order valence-electron chi connectivity index (χ0n) is 23.0. The molecule has 41 heavy (non-hydrogen) atoms. The third kappa shape index (κ3) is 7.47. The highest BCUT2D eigenvalue weighted by Gasteiger charge is 2.48. The van der Waals surface area contributed by atoms with Crippen LogP contribution in [0.1, 0.15) is 28.3 Å². The van der Waals surface area contributed by atoms with E-state index in [0.29, 0.717) is 26.4 Å². The Morgan fingerprint density at radius 2 is 1.10 bits per heavy atom. The molecular formula is C35H36N2O4. The minimum Gasteiger partial charge on any atom is -0.394 e. The molecule has 1 saturated heterocycles. The maximum absolute atomic E-state index is 10.6. The number of nitrogens with zero attached hydrogens (tertiary/aromatic N) is 2. The highest BCUT2D eigenvalue weighted by molar-refractivity contribution is 5.22. The summed E-state index contributed by atoms with van der Waals surface area (Å²) < 4.78 is 19.7. The topological polar surface area (TPSA) is 75.0 Å². The smallest absolute Gasteiger partial charge is 0.128 e. The molecule has 4 aromatic rings. The number of nitriles is 1. The van der Waals surface area contributed by atoms with Crippen molar-refractivity contribution in [3.05, 3.63) is 144 Å². The summed E-state index contributed by atoms with van der Waals surface area (Å²) in [5, 5.41) is 21.2. The van der Waals surface area contributed by atoms with Gasteiger partial charge in [0.15, 0.2) is 0 Å². The molecule has 5 rings (SSSR count). The van der Waals surface area contributed by atoms with E-state index in [4.69, 9.17) is 14.2 Å². The lowest BCUT2D eigenvalue weighted by Gasteiger charge is -2.48. The molecule has 1 aliphatic rings. The zero-order chi connectivity index (χ0) is 28.3. The average Bonchev–Trinajstić information content (AvgIpc) is 3.04. The number of likely N-dealkylation sites (tertiary alicyclic amines) is 1. The van der Waals surface area contributed by atoms with Crippen molar-refractivity contribution >= 4 is 0 Å². The lowest BCUT2D eigenvalue weighted by molar-refractivity contribution is -0.202. The number of piperidine rings is 1. The second-order valence-corrected chi connectivity index (χ2v) is 10.2. The van der Waals surface area contributed by atoms with E-state index >= 15 is 0 Å². The van der Waals surface area contributed by atoms with Crippen LogP contribution < -0.4 is 0 Å². The van der Waals surface area contributed by atoms with Crippen LogP contribution in [0.25, 0.3) is 0 Å². The lowest BCUT2D eigenvalue weighted by atomic mass is 9.90. The molecule has 0 bridgehead atoms. The Kier molecular flexibility index (Phi) is 10.3. The standard InChI is InChI=1S/C35H36N2O4/c36-21-31-34(40-25-28-15-7-2-8-16-28)35(41-26-29-17-9-3-10-18-29)33(39-24-27-13-5-1-6-14-27)22-37(31)32(23-38)30-19-11-4-12-20-30/h1-20,31-35,38H,22-26H2/t31-,32+,33+,34-,35-/m1/s1. The molecular weight excluding hydrogens is 512 g/mol. The fourth-order valence-electron chi connectivity index (χ4n) is 5.40. The van der Waals surface area contributed by atoms with Gasteiger partial charge in [-0.2, -0.15) is 5.26 Å². The minimum atomic E-state index is -0.673. The molecule has 0 aliphatic carbocycles. The van der Waals surface area contributed by atoms with Gasteiger partial charge in [0.25, 0.3) is 0 Å². The highest BCUT2D eigenvalue weighted by atomic mass is 16.6. The predicted molar refractivity (Wildman–Crippen MR) is 157 cm³/mol. The van der Waals surface area contributed by atoms with Crippen LogP contribution >= 0.6 is 0 Å². The summed E-state index contributed by atoms with van der Waals surface area (Å²) in [6, 6.07) is 41.2. The van der Waals surface area contributed by atoms with E-state index in [-0.39, 0.29) is 6.61 Å². The molecule has 6 nitrogen and oxygen atoms in total. The fraction of sp³-hybridized carbons (Fsp3) is 0.286. The van der Waals surface area contributed by atoms with E-state index in [1.54, 1.807) is 0 Å². The quantitative estimate of drug-likeness (QED) is 0.245. The number of hydrogen-bond acceptors (Lipinski definition) is 6. The first kappa shape index (κ1) is 28.7. The van der Waals surface area contributed by atoms with E-state index in [1.807, 2.05) is 126 Å². The summed E-state index contributed by atoms with van der Waals surface area (Å²) in [5.41, 5.74) is 4.02. The van der Waals surface area contributed by atoms with Gasteiger partial charge < -0.3 is 19.3 Å². The zero-order valence-corrected chi connectivity index (χ0v) is 23.0. The number of benzene rings is 4. The first-order valence-electron chi connectivity index (χ1n) is 14.0. The van der Waals surface area contributed by atoms with Gasteiger partial charge in [-0.3, -0.25) is 4.90 Å². The molecule has 1 fully saturated rings. The third-order valence-corrected chi connectivity index (χ3v) is 7.52. The largest absolute Gasteiger partial charge is 0.394 e. The summed E-state index contributed by atoms with van der Waals surface area (Å²) in [5.74, 6) is 0. The first-order chi connectivity index (χ1) is 20.3. The van der Waals surface area contributed by atoms with Crippen LogP contribution in [-0.2, 0) is 34.0 Å². The number of aliphatic hydroxyl groups excluding tert-OH is 1. The Labute approximate surface area is 242 Å². The molecule has 0 spiro atoms. The lowest BCUT2D eigenvalue weighted by Crippen LogP contribution is -2.63. The number of hydrogen-bond donors (Lipinski definition) is 1. The maximum Gasteiger partial charge on any atom is 0.128 e. The Balaban J connectivity index is 1.48. The SMILES string of the molecule is N#C[C@@H]1[C@@H](OCc2ccccc2)[C@H](OCc2ccccc2)[C@@H](OCc2ccccc2)CN1[C@@H](CO)c1ccccc1. The van der Waals surface area contributed by atoms with E-state index in [2.05, 4.69) is 6.07 Å². The normalized spacial score (nSPS) is 21.7. The summed E-state index contributed by atoms with van der Waals surface area (Å²) in [6.45, 7) is 1.33. The average molecular weight is 549 g/mol. The van der Waals surface area contributed by atoms with E-state index in [0.717, 1.165) is 22.3 Å². The van der Waals surface area contributed by atoms with Crippen LogP contribution in [0.4, 0.5) is 0 Å². The molecule has 4 aromatic carbocycles. The van der Waals surface area contributed by atoms with Crippen LogP contribution in [-0.4, -0.2) is 47.5 Å². The molecule has 0 unspecified atom stereocenters. The van der Waals surface area contributed by atoms with Crippen molar-refractivity contribution in [1.29, 1.82) is 5.26 Å². The van der Waals surface area contributed by atoms with Crippen molar-refractivity contribution < 1.29 is 19.3 Å². The molecule has 0 aromatic heterocycles. The Hall–Kier alpha value is -3.83. The second-order valence-electron chi connectivity index (χ2n) is 10.2. The monoisotopic (exact) mass is 548 g/mol. The van der Waals surface area contributed by atoms with Crippen molar-refractivity contribution in [3.63, 3.8) is 0 Å². The third-order valence-electron chi connectivity index (χ3n) is 7.52. The molecule has 0 radical (unpaired) electrons. The molecule has 210 valence electrons. The van der Waals surface area contributed by atoms with Crippen molar-refractivity contribution in [2.75, 3.05) is 13.2 Å². The van der Waals surface area contributed by atoms with Crippen LogP contribution in [0.2, 0.25) is 0 Å². The molecule has 1 heterocycles. The summed E-state index contributed by atoms with van der Waals surface area (Å²) >= 11 is 0. The number of aliphatic hydroxyl groups is 1. The predicted octanol–water partition coefficient (Wildman–Crippen LogP) is 5.68. The van der Waals surface area contributed by atoms with Crippen LogP contribution in [0, 0.1) is 11.3 Å². The van der Waals surface area contributed by atoms with Gasteiger partial charge in [-0.25, -0.2) is 0 Å². The Morgan fingerprint density at radius 1 is 0.659 bits per heavy atom. The first-order valence-corrected chi connectivity index (χ1v) is 14.0. The van der Waals surface area contributed by atoms with Crippen molar-refractivity contribution in [1.82, 2.24) is 4.90 Å². The van der Waals surface area contributed by atoms with Gasteiger partial charge >= 0.3 is 0 Å². The van der Waals surface area contributed by atoms with Gasteiger partial charge in [-0.05, 0) is 22.3 Å². The minimum absolute atomic E-state index is 0.144. The van der Waals surface area contributed by atoms with Gasteiger partial charge in [-0.15, -0.1) is 0 Å². The van der Waals surface area contributed by atoms with Gasteiger partial charge in [0.05, 0.1) is 44.6 Å². The van der Waals surface area contributed by atoms with Crippen LogP contribution in [0.15, 0.2) is 121 Å². The van der Waals surface area contributed by atoms with Gasteiger partial charge in [-0.1, -0.05) is 121 Å².